The summed E-state index contributed by atoms with van der Waals surface area (Å²) in [5.74, 6) is 0.963. The van der Waals surface area contributed by atoms with Gasteiger partial charge in [0.15, 0.2) is 0 Å². The lowest BCUT2D eigenvalue weighted by Crippen LogP contribution is -2.10. The molecule has 1 fully saturated rings. The Morgan fingerprint density at radius 2 is 2.10 bits per heavy atom. The van der Waals surface area contributed by atoms with E-state index in [1.54, 1.807) is 11.1 Å². The Morgan fingerprint density at radius 3 is 2.40 bits per heavy atom. The molecule has 2 bridgehead atoms. The van der Waals surface area contributed by atoms with E-state index in [4.69, 9.17) is 0 Å². The van der Waals surface area contributed by atoms with E-state index >= 15 is 0 Å². The van der Waals surface area contributed by atoms with Crippen LogP contribution in [0.5, 0.6) is 0 Å². The summed E-state index contributed by atoms with van der Waals surface area (Å²) in [7, 11) is 0. The van der Waals surface area contributed by atoms with Crippen molar-refractivity contribution < 1.29 is 0 Å². The Labute approximate surface area is 63.3 Å². The van der Waals surface area contributed by atoms with Gasteiger partial charge in [-0.1, -0.05) is 18.1 Å². The van der Waals surface area contributed by atoms with Crippen molar-refractivity contribution in [1.82, 2.24) is 0 Å². The second kappa shape index (κ2) is 1.66. The van der Waals surface area contributed by atoms with Crippen LogP contribution in [0.2, 0.25) is 0 Å². The maximum atomic E-state index is 2.43. The molecular weight excluding hydrogens is 120 g/mol. The highest BCUT2D eigenvalue weighted by molar-refractivity contribution is 5.30. The summed E-state index contributed by atoms with van der Waals surface area (Å²) in [6.07, 6.45) is 4.35. The first-order valence-corrected chi connectivity index (χ1v) is 4.31. The molecule has 0 aromatic rings. The minimum atomic E-state index is 0.620. The zero-order valence-electron chi connectivity index (χ0n) is 7.20. The van der Waals surface area contributed by atoms with Gasteiger partial charge < -0.3 is 0 Å². The Hall–Kier alpha value is -0.260. The highest BCUT2D eigenvalue weighted by atomic mass is 14.5. The van der Waals surface area contributed by atoms with Crippen molar-refractivity contribution in [2.24, 2.45) is 11.3 Å². The highest BCUT2D eigenvalue weighted by Crippen LogP contribution is 2.56. The van der Waals surface area contributed by atoms with Crippen LogP contribution < -0.4 is 0 Å². The maximum absolute atomic E-state index is 2.43. The monoisotopic (exact) mass is 136 g/mol. The molecule has 0 aromatic carbocycles. The lowest BCUT2D eigenvalue weighted by molar-refractivity contribution is 0.424. The molecule has 0 spiro atoms. The summed E-state index contributed by atoms with van der Waals surface area (Å²) in [6, 6.07) is 0. The minimum absolute atomic E-state index is 0.620. The van der Waals surface area contributed by atoms with Gasteiger partial charge in [0.2, 0.25) is 0 Å². The molecule has 0 heteroatoms. The second-order valence-electron chi connectivity index (χ2n) is 4.31. The molecule has 0 aliphatic heterocycles. The lowest BCUT2D eigenvalue weighted by atomic mass is 9.82. The quantitative estimate of drug-likeness (QED) is 0.449. The van der Waals surface area contributed by atoms with Gasteiger partial charge in [0.25, 0.3) is 0 Å². The van der Waals surface area contributed by atoms with Crippen molar-refractivity contribution in [2.75, 3.05) is 0 Å². The third-order valence-electron chi connectivity index (χ3n) is 3.85. The van der Waals surface area contributed by atoms with Crippen LogP contribution >= 0.6 is 0 Å². The summed E-state index contributed by atoms with van der Waals surface area (Å²) in [4.78, 5) is 0. The van der Waals surface area contributed by atoms with E-state index in [2.05, 4.69) is 20.8 Å². The number of fused-ring (bicyclic) bond motifs is 2. The smallest absolute Gasteiger partial charge is 0.0111 e. The minimum Gasteiger partial charge on any atom is -0.0707 e. The zero-order chi connectivity index (χ0) is 7.35. The fourth-order valence-electron chi connectivity index (χ4n) is 2.73. The van der Waals surface area contributed by atoms with E-state index in [0.29, 0.717) is 5.41 Å². The maximum Gasteiger partial charge on any atom is -0.0111 e. The van der Waals surface area contributed by atoms with Crippen molar-refractivity contribution in [3.8, 4) is 0 Å². The fourth-order valence-corrected chi connectivity index (χ4v) is 2.73. The molecule has 0 radical (unpaired) electrons. The van der Waals surface area contributed by atoms with Crippen molar-refractivity contribution >= 4 is 0 Å². The number of hydrogen-bond acceptors (Lipinski definition) is 0. The van der Waals surface area contributed by atoms with Crippen molar-refractivity contribution in [3.63, 3.8) is 0 Å². The standard InChI is InChI=1S/C10H16/c1-7-8(2)10(3)5-4-9(7)6-10/h9H,4-6H2,1-3H3. The van der Waals surface area contributed by atoms with Crippen LogP contribution in [-0.2, 0) is 0 Å². The van der Waals surface area contributed by atoms with E-state index in [1.165, 1.54) is 19.3 Å². The van der Waals surface area contributed by atoms with Gasteiger partial charge in [0, 0.05) is 0 Å². The van der Waals surface area contributed by atoms with Crippen LogP contribution in [0.4, 0.5) is 0 Å². The second-order valence-corrected chi connectivity index (χ2v) is 4.31. The number of rotatable bonds is 0. The molecular formula is C10H16. The Balaban J connectivity index is 2.45. The summed E-state index contributed by atoms with van der Waals surface area (Å²) in [5.41, 5.74) is 4.02. The third-order valence-corrected chi connectivity index (χ3v) is 3.85. The summed E-state index contributed by atoms with van der Waals surface area (Å²) in [5, 5.41) is 0. The fraction of sp³-hybridized carbons (Fsp3) is 0.800. The Bertz CT molecular complexity index is 200. The molecule has 2 aliphatic rings. The first-order valence-electron chi connectivity index (χ1n) is 4.31. The van der Waals surface area contributed by atoms with E-state index < -0.39 is 0 Å². The summed E-state index contributed by atoms with van der Waals surface area (Å²) >= 11 is 0. The molecule has 2 atom stereocenters. The molecule has 10 heavy (non-hydrogen) atoms. The largest absolute Gasteiger partial charge is 0.0707 e. The van der Waals surface area contributed by atoms with E-state index in [9.17, 15) is 0 Å². The van der Waals surface area contributed by atoms with Gasteiger partial charge >= 0.3 is 0 Å². The number of hydrogen-bond donors (Lipinski definition) is 0. The normalized spacial score (nSPS) is 45.3. The molecule has 0 N–H and O–H groups in total. The molecule has 0 saturated heterocycles. The SMILES string of the molecule is CC1=C(C)C2(C)CCC1C2. The molecule has 1 saturated carbocycles. The average molecular weight is 136 g/mol. The van der Waals surface area contributed by atoms with Crippen molar-refractivity contribution in [3.05, 3.63) is 11.1 Å². The van der Waals surface area contributed by atoms with Crippen LogP contribution in [0, 0.1) is 11.3 Å². The predicted molar refractivity (Wildman–Crippen MR) is 43.8 cm³/mol. The predicted octanol–water partition coefficient (Wildman–Crippen LogP) is 3.14. The van der Waals surface area contributed by atoms with E-state index in [-0.39, 0.29) is 0 Å². The molecule has 2 rings (SSSR count). The van der Waals surface area contributed by atoms with Gasteiger partial charge in [-0.25, -0.2) is 0 Å². The van der Waals surface area contributed by atoms with Gasteiger partial charge in [-0.05, 0) is 44.4 Å². The molecule has 2 aliphatic carbocycles. The zero-order valence-corrected chi connectivity index (χ0v) is 7.20. The van der Waals surface area contributed by atoms with Crippen molar-refractivity contribution in [2.45, 2.75) is 40.0 Å². The van der Waals surface area contributed by atoms with Crippen LogP contribution in [0.15, 0.2) is 11.1 Å². The topological polar surface area (TPSA) is 0 Å². The average Bonchev–Trinajstić information content (AvgIpc) is 2.35. The molecule has 2 unspecified atom stereocenters. The first-order chi connectivity index (χ1) is 4.63. The van der Waals surface area contributed by atoms with Gasteiger partial charge in [-0.2, -0.15) is 0 Å². The first kappa shape index (κ1) is 6.45. The van der Waals surface area contributed by atoms with Crippen LogP contribution in [0.1, 0.15) is 40.0 Å². The molecule has 0 amide bonds. The molecule has 0 aromatic heterocycles. The lowest BCUT2D eigenvalue weighted by Gasteiger charge is -2.23. The van der Waals surface area contributed by atoms with Crippen molar-refractivity contribution in [1.29, 1.82) is 0 Å². The van der Waals surface area contributed by atoms with Gasteiger partial charge in [-0.15, -0.1) is 0 Å². The third kappa shape index (κ3) is 0.574. The molecule has 56 valence electrons. The summed E-state index contributed by atoms with van der Waals surface area (Å²) < 4.78 is 0. The van der Waals surface area contributed by atoms with Crippen LogP contribution in [0.3, 0.4) is 0 Å². The Kier molecular flexibility index (Phi) is 1.07. The molecule has 0 heterocycles. The van der Waals surface area contributed by atoms with Gasteiger partial charge in [-0.3, -0.25) is 0 Å². The van der Waals surface area contributed by atoms with Gasteiger partial charge in [0.05, 0.1) is 0 Å². The van der Waals surface area contributed by atoms with E-state index in [1.807, 2.05) is 0 Å². The Morgan fingerprint density at radius 1 is 1.40 bits per heavy atom. The highest BCUT2D eigenvalue weighted by Gasteiger charge is 2.43. The van der Waals surface area contributed by atoms with Gasteiger partial charge in [0.1, 0.15) is 0 Å². The van der Waals surface area contributed by atoms with Crippen LogP contribution in [-0.4, -0.2) is 0 Å². The number of allylic oxidation sites excluding steroid dienone is 2. The van der Waals surface area contributed by atoms with E-state index in [0.717, 1.165) is 5.92 Å². The van der Waals surface area contributed by atoms with Crippen LogP contribution in [0.25, 0.3) is 0 Å². The molecule has 0 nitrogen and oxygen atoms in total. The summed E-state index contributed by atoms with van der Waals surface area (Å²) in [6.45, 7) is 7.08.